The molecule has 0 saturated carbocycles. The SMILES string of the molecule is COc1cc(C=C2C(=O)NC(=O)NC2=O)cc(CN2CCCCC2)c1O. The Labute approximate surface area is 150 Å². The van der Waals surface area contributed by atoms with Crippen LogP contribution >= 0.6 is 0 Å². The number of nitrogens with zero attached hydrogens (tertiary/aromatic N) is 1. The van der Waals surface area contributed by atoms with Crippen molar-refractivity contribution in [3.63, 3.8) is 0 Å². The molecule has 3 N–H and O–H groups in total. The fraction of sp³-hybridized carbons (Fsp3) is 0.389. The second-order valence-electron chi connectivity index (χ2n) is 6.36. The molecule has 8 heteroatoms. The van der Waals surface area contributed by atoms with Crippen LogP contribution in [0.1, 0.15) is 30.4 Å². The molecule has 0 spiro atoms. The predicted octanol–water partition coefficient (Wildman–Crippen LogP) is 1.14. The molecule has 4 amide bonds. The summed E-state index contributed by atoms with van der Waals surface area (Å²) < 4.78 is 5.22. The molecule has 0 radical (unpaired) electrons. The van der Waals surface area contributed by atoms with Gasteiger partial charge >= 0.3 is 6.03 Å². The van der Waals surface area contributed by atoms with E-state index in [0.29, 0.717) is 17.7 Å². The number of urea groups is 1. The molecule has 8 nitrogen and oxygen atoms in total. The van der Waals surface area contributed by atoms with Gasteiger partial charge in [0, 0.05) is 12.1 Å². The number of phenols is 1. The highest BCUT2D eigenvalue weighted by molar-refractivity contribution is 6.31. The minimum atomic E-state index is -0.841. The number of aromatic hydroxyl groups is 1. The number of phenolic OH excluding ortho intramolecular Hbond substituents is 1. The molecule has 0 bridgehead atoms. The van der Waals surface area contributed by atoms with Crippen molar-refractivity contribution in [1.29, 1.82) is 0 Å². The number of methoxy groups -OCH3 is 1. The molecular formula is C18H21N3O5. The molecular weight excluding hydrogens is 338 g/mol. The topological polar surface area (TPSA) is 108 Å². The first-order chi connectivity index (χ1) is 12.5. The number of rotatable bonds is 4. The normalized spacial score (nSPS) is 18.3. The van der Waals surface area contributed by atoms with E-state index in [1.54, 1.807) is 12.1 Å². The number of hydrogen-bond acceptors (Lipinski definition) is 6. The first kappa shape index (κ1) is 17.9. The molecule has 2 aliphatic rings. The number of ether oxygens (including phenoxy) is 1. The van der Waals surface area contributed by atoms with Gasteiger partial charge in [-0.05, 0) is 49.7 Å². The van der Waals surface area contributed by atoms with E-state index in [9.17, 15) is 19.5 Å². The lowest BCUT2D eigenvalue weighted by molar-refractivity contribution is -0.123. The van der Waals surface area contributed by atoms with Crippen molar-refractivity contribution < 1.29 is 24.2 Å². The first-order valence-corrected chi connectivity index (χ1v) is 8.48. The Morgan fingerprint density at radius 3 is 2.38 bits per heavy atom. The molecule has 2 fully saturated rings. The lowest BCUT2D eigenvalue weighted by atomic mass is 10.0. The average molecular weight is 359 g/mol. The van der Waals surface area contributed by atoms with E-state index in [4.69, 9.17) is 4.74 Å². The number of carbonyl (C=O) groups excluding carboxylic acids is 3. The molecule has 1 aromatic carbocycles. The number of imide groups is 2. The fourth-order valence-electron chi connectivity index (χ4n) is 3.18. The van der Waals surface area contributed by atoms with E-state index in [1.807, 2.05) is 10.6 Å². The van der Waals surface area contributed by atoms with Gasteiger partial charge in [-0.2, -0.15) is 0 Å². The second-order valence-corrected chi connectivity index (χ2v) is 6.36. The van der Waals surface area contributed by atoms with E-state index >= 15 is 0 Å². The fourth-order valence-corrected chi connectivity index (χ4v) is 3.18. The van der Waals surface area contributed by atoms with Gasteiger partial charge in [0.2, 0.25) is 0 Å². The van der Waals surface area contributed by atoms with Crippen LogP contribution in [0.5, 0.6) is 11.5 Å². The van der Waals surface area contributed by atoms with Gasteiger partial charge in [-0.3, -0.25) is 25.1 Å². The molecule has 0 unspecified atom stereocenters. The van der Waals surface area contributed by atoms with Crippen LogP contribution in [0.25, 0.3) is 6.08 Å². The van der Waals surface area contributed by atoms with Gasteiger partial charge in [-0.15, -0.1) is 0 Å². The van der Waals surface area contributed by atoms with Crippen molar-refractivity contribution in [2.75, 3.05) is 20.2 Å². The molecule has 0 atom stereocenters. The maximum Gasteiger partial charge on any atom is 0.328 e. The van der Waals surface area contributed by atoms with Crippen LogP contribution in [0.15, 0.2) is 17.7 Å². The van der Waals surface area contributed by atoms with Gasteiger partial charge in [0.1, 0.15) is 5.57 Å². The van der Waals surface area contributed by atoms with Crippen LogP contribution < -0.4 is 15.4 Å². The van der Waals surface area contributed by atoms with Crippen LogP contribution in [0.4, 0.5) is 4.79 Å². The number of piperidine rings is 1. The van der Waals surface area contributed by atoms with E-state index in [1.165, 1.54) is 19.6 Å². The zero-order valence-electron chi connectivity index (χ0n) is 14.5. The number of hydrogen-bond donors (Lipinski definition) is 3. The Balaban J connectivity index is 1.93. The van der Waals surface area contributed by atoms with Crippen molar-refractivity contribution in [2.24, 2.45) is 0 Å². The molecule has 26 heavy (non-hydrogen) atoms. The summed E-state index contributed by atoms with van der Waals surface area (Å²) in [6.45, 7) is 2.47. The Kier molecular flexibility index (Phi) is 5.22. The van der Waals surface area contributed by atoms with Crippen LogP contribution in [-0.4, -0.2) is 48.1 Å². The van der Waals surface area contributed by atoms with E-state index in [-0.39, 0.29) is 17.1 Å². The Morgan fingerprint density at radius 1 is 1.12 bits per heavy atom. The standard InChI is InChI=1S/C18H21N3O5/c1-26-14-9-11(8-13-16(23)19-18(25)20-17(13)24)7-12(15(14)22)10-21-5-3-2-4-6-21/h7-9,22H,2-6,10H2,1H3,(H2,19,20,23,24,25). The third kappa shape index (κ3) is 3.85. The molecule has 0 aromatic heterocycles. The Morgan fingerprint density at radius 2 is 1.77 bits per heavy atom. The van der Waals surface area contributed by atoms with Crippen LogP contribution in [-0.2, 0) is 16.1 Å². The largest absolute Gasteiger partial charge is 0.504 e. The summed E-state index contributed by atoms with van der Waals surface area (Å²) in [5.41, 5.74) is 1.01. The van der Waals surface area contributed by atoms with Crippen molar-refractivity contribution in [3.05, 3.63) is 28.8 Å². The zero-order chi connectivity index (χ0) is 18.7. The van der Waals surface area contributed by atoms with E-state index < -0.39 is 17.8 Å². The third-order valence-electron chi connectivity index (χ3n) is 4.49. The van der Waals surface area contributed by atoms with Crippen molar-refractivity contribution in [3.8, 4) is 11.5 Å². The maximum absolute atomic E-state index is 11.9. The summed E-state index contributed by atoms with van der Waals surface area (Å²) in [6, 6.07) is 2.42. The molecule has 1 aromatic rings. The van der Waals surface area contributed by atoms with Crippen molar-refractivity contribution >= 4 is 23.9 Å². The summed E-state index contributed by atoms with van der Waals surface area (Å²) in [7, 11) is 1.44. The minimum Gasteiger partial charge on any atom is -0.504 e. The van der Waals surface area contributed by atoms with Crippen LogP contribution in [0, 0.1) is 0 Å². The monoisotopic (exact) mass is 359 g/mol. The number of carbonyl (C=O) groups is 3. The van der Waals surface area contributed by atoms with Crippen LogP contribution in [0.3, 0.4) is 0 Å². The summed E-state index contributed by atoms with van der Waals surface area (Å²) in [4.78, 5) is 37.2. The maximum atomic E-state index is 11.9. The van der Waals surface area contributed by atoms with Gasteiger partial charge in [0.15, 0.2) is 11.5 Å². The highest BCUT2D eigenvalue weighted by Gasteiger charge is 2.28. The number of benzene rings is 1. The summed E-state index contributed by atoms with van der Waals surface area (Å²) in [6.07, 6.45) is 4.83. The lowest BCUT2D eigenvalue weighted by Gasteiger charge is -2.27. The summed E-state index contributed by atoms with van der Waals surface area (Å²) in [5, 5.41) is 14.5. The number of amides is 4. The quantitative estimate of drug-likeness (QED) is 0.550. The van der Waals surface area contributed by atoms with Crippen molar-refractivity contribution in [1.82, 2.24) is 15.5 Å². The van der Waals surface area contributed by atoms with Crippen LogP contribution in [0.2, 0.25) is 0 Å². The summed E-state index contributed by atoms with van der Waals surface area (Å²) >= 11 is 0. The van der Waals surface area contributed by atoms with Gasteiger partial charge in [0.05, 0.1) is 7.11 Å². The molecule has 2 heterocycles. The molecule has 3 rings (SSSR count). The van der Waals surface area contributed by atoms with Gasteiger partial charge in [-0.25, -0.2) is 4.79 Å². The predicted molar refractivity (Wildman–Crippen MR) is 93.4 cm³/mol. The van der Waals surface area contributed by atoms with E-state index in [0.717, 1.165) is 25.9 Å². The highest BCUT2D eigenvalue weighted by Crippen LogP contribution is 2.33. The molecule has 2 saturated heterocycles. The third-order valence-corrected chi connectivity index (χ3v) is 4.49. The van der Waals surface area contributed by atoms with Crippen molar-refractivity contribution in [2.45, 2.75) is 25.8 Å². The highest BCUT2D eigenvalue weighted by atomic mass is 16.5. The Bertz CT molecular complexity index is 759. The molecule has 138 valence electrons. The lowest BCUT2D eigenvalue weighted by Crippen LogP contribution is -2.51. The number of likely N-dealkylation sites (tertiary alicyclic amines) is 1. The first-order valence-electron chi connectivity index (χ1n) is 8.48. The van der Waals surface area contributed by atoms with Gasteiger partial charge in [0.25, 0.3) is 11.8 Å². The van der Waals surface area contributed by atoms with E-state index in [2.05, 4.69) is 4.90 Å². The number of nitrogens with one attached hydrogen (secondary N) is 2. The second kappa shape index (κ2) is 7.57. The smallest absolute Gasteiger partial charge is 0.328 e. The van der Waals surface area contributed by atoms with Gasteiger partial charge < -0.3 is 9.84 Å². The number of barbiturate groups is 1. The zero-order valence-corrected chi connectivity index (χ0v) is 14.5. The van der Waals surface area contributed by atoms with Gasteiger partial charge in [-0.1, -0.05) is 6.42 Å². The molecule has 0 aliphatic carbocycles. The Hall–Kier alpha value is -2.87. The summed E-state index contributed by atoms with van der Waals surface area (Å²) in [5.74, 6) is -1.21. The minimum absolute atomic E-state index is 0.0490. The molecule has 2 aliphatic heterocycles. The average Bonchev–Trinajstić information content (AvgIpc) is 2.61.